The van der Waals surface area contributed by atoms with Crippen molar-refractivity contribution in [2.75, 3.05) is 25.1 Å². The summed E-state index contributed by atoms with van der Waals surface area (Å²) in [5.74, 6) is 0.967. The molecule has 3 heteroatoms. The van der Waals surface area contributed by atoms with E-state index in [9.17, 15) is 0 Å². The Kier molecular flexibility index (Phi) is 4.12. The number of hydrogen-bond acceptors (Lipinski definition) is 3. The molecule has 1 saturated heterocycles. The average Bonchev–Trinajstić information content (AvgIpc) is 2.76. The van der Waals surface area contributed by atoms with Crippen LogP contribution in [0.4, 0.5) is 5.69 Å². The maximum atomic E-state index is 5.31. The van der Waals surface area contributed by atoms with Crippen molar-refractivity contribution in [2.24, 2.45) is 0 Å². The van der Waals surface area contributed by atoms with E-state index in [0.717, 1.165) is 18.8 Å². The minimum Gasteiger partial charge on any atom is -0.496 e. The Bertz CT molecular complexity index is 403. The molecule has 0 spiro atoms. The highest BCUT2D eigenvalue weighted by atomic mass is 16.5. The average molecular weight is 248 g/mol. The zero-order valence-electron chi connectivity index (χ0n) is 11.9. The molecule has 18 heavy (non-hydrogen) atoms. The summed E-state index contributed by atoms with van der Waals surface area (Å²) in [5.41, 5.74) is 2.51. The van der Waals surface area contributed by atoms with Gasteiger partial charge in [0.1, 0.15) is 5.75 Å². The first-order valence-corrected chi connectivity index (χ1v) is 6.76. The summed E-state index contributed by atoms with van der Waals surface area (Å²) in [7, 11) is 1.72. The molecule has 0 aromatic heterocycles. The minimum absolute atomic E-state index is 0.563. The second-order valence-corrected chi connectivity index (χ2v) is 5.41. The van der Waals surface area contributed by atoms with Gasteiger partial charge in [0.05, 0.1) is 7.11 Å². The molecule has 1 fully saturated rings. The zero-order valence-corrected chi connectivity index (χ0v) is 11.9. The number of methoxy groups -OCH3 is 1. The zero-order chi connectivity index (χ0) is 13.1. The second-order valence-electron chi connectivity index (χ2n) is 5.41. The topological polar surface area (TPSA) is 24.5 Å². The third-order valence-corrected chi connectivity index (χ3v) is 3.50. The van der Waals surface area contributed by atoms with Gasteiger partial charge < -0.3 is 15.0 Å². The van der Waals surface area contributed by atoms with Crippen LogP contribution in [0.25, 0.3) is 0 Å². The lowest BCUT2D eigenvalue weighted by atomic mass is 10.2. The summed E-state index contributed by atoms with van der Waals surface area (Å²) >= 11 is 0. The van der Waals surface area contributed by atoms with Crippen LogP contribution in [0, 0.1) is 6.92 Å². The van der Waals surface area contributed by atoms with E-state index in [2.05, 4.69) is 49.2 Å². The van der Waals surface area contributed by atoms with E-state index in [1.807, 2.05) is 0 Å². The summed E-state index contributed by atoms with van der Waals surface area (Å²) in [4.78, 5) is 2.45. The Morgan fingerprint density at radius 3 is 2.78 bits per heavy atom. The lowest BCUT2D eigenvalue weighted by molar-refractivity contribution is 0.411. The quantitative estimate of drug-likeness (QED) is 0.886. The van der Waals surface area contributed by atoms with Gasteiger partial charge >= 0.3 is 0 Å². The predicted molar refractivity (Wildman–Crippen MR) is 76.6 cm³/mol. The third-order valence-electron chi connectivity index (χ3n) is 3.50. The van der Waals surface area contributed by atoms with E-state index < -0.39 is 0 Å². The Morgan fingerprint density at radius 1 is 1.39 bits per heavy atom. The highest BCUT2D eigenvalue weighted by Crippen LogP contribution is 2.26. The molecule has 1 aromatic carbocycles. The van der Waals surface area contributed by atoms with Crippen molar-refractivity contribution in [1.29, 1.82) is 0 Å². The first-order valence-electron chi connectivity index (χ1n) is 6.76. The lowest BCUT2D eigenvalue weighted by Crippen LogP contribution is -2.37. The number of aryl methyl sites for hydroxylation is 1. The van der Waals surface area contributed by atoms with Crippen LogP contribution in [0.3, 0.4) is 0 Å². The molecule has 0 aliphatic carbocycles. The summed E-state index contributed by atoms with van der Waals surface area (Å²) in [6, 6.07) is 7.62. The van der Waals surface area contributed by atoms with Crippen molar-refractivity contribution in [2.45, 2.75) is 39.3 Å². The smallest absolute Gasteiger partial charge is 0.121 e. The molecule has 1 aromatic rings. The molecule has 100 valence electrons. The molecular formula is C15H24N2O. The highest BCUT2D eigenvalue weighted by molar-refractivity contribution is 5.53. The highest BCUT2D eigenvalue weighted by Gasteiger charge is 2.23. The van der Waals surface area contributed by atoms with E-state index in [1.165, 1.54) is 17.7 Å². The maximum Gasteiger partial charge on any atom is 0.121 e. The van der Waals surface area contributed by atoms with Crippen LogP contribution in [0.2, 0.25) is 0 Å². The van der Waals surface area contributed by atoms with Crippen LogP contribution in [0.5, 0.6) is 5.75 Å². The summed E-state index contributed by atoms with van der Waals surface area (Å²) < 4.78 is 5.31. The van der Waals surface area contributed by atoms with Gasteiger partial charge in [0.25, 0.3) is 0 Å². The first-order chi connectivity index (χ1) is 8.60. The van der Waals surface area contributed by atoms with Crippen LogP contribution >= 0.6 is 0 Å². The van der Waals surface area contributed by atoms with Gasteiger partial charge in [-0.05, 0) is 37.1 Å². The monoisotopic (exact) mass is 248 g/mol. The van der Waals surface area contributed by atoms with E-state index in [-0.39, 0.29) is 0 Å². The molecule has 0 amide bonds. The number of nitrogens with zero attached hydrogens (tertiary/aromatic N) is 1. The van der Waals surface area contributed by atoms with Crippen LogP contribution in [-0.4, -0.2) is 32.3 Å². The normalized spacial score (nSPS) is 19.6. The Morgan fingerprint density at radius 2 is 2.17 bits per heavy atom. The first kappa shape index (κ1) is 13.2. The molecule has 1 atom stereocenters. The van der Waals surface area contributed by atoms with Gasteiger partial charge in [0.15, 0.2) is 0 Å². The van der Waals surface area contributed by atoms with E-state index in [0.29, 0.717) is 12.1 Å². The Hall–Kier alpha value is -1.22. The van der Waals surface area contributed by atoms with E-state index in [4.69, 9.17) is 4.74 Å². The number of rotatable bonds is 4. The molecule has 3 nitrogen and oxygen atoms in total. The Balaban J connectivity index is 2.03. The lowest BCUT2D eigenvalue weighted by Gasteiger charge is -2.21. The third kappa shape index (κ3) is 2.96. The molecule has 0 radical (unpaired) electrons. The van der Waals surface area contributed by atoms with E-state index >= 15 is 0 Å². The fourth-order valence-corrected chi connectivity index (χ4v) is 2.66. The molecule has 1 aliphatic heterocycles. The summed E-state index contributed by atoms with van der Waals surface area (Å²) in [6.07, 6.45) is 1.23. The molecule has 1 aliphatic rings. The predicted octanol–water partition coefficient (Wildman–Crippen LogP) is 2.58. The van der Waals surface area contributed by atoms with Crippen molar-refractivity contribution >= 4 is 5.69 Å². The van der Waals surface area contributed by atoms with Crippen molar-refractivity contribution < 1.29 is 4.74 Å². The number of nitrogens with one attached hydrogen (secondary N) is 1. The van der Waals surface area contributed by atoms with Crippen molar-refractivity contribution in [3.8, 4) is 5.75 Å². The number of ether oxygens (including phenoxy) is 1. The largest absolute Gasteiger partial charge is 0.496 e. The Labute approximate surface area is 110 Å². The summed E-state index contributed by atoms with van der Waals surface area (Å²) in [5, 5.41) is 3.61. The number of anilines is 1. The fourth-order valence-electron chi connectivity index (χ4n) is 2.66. The van der Waals surface area contributed by atoms with Gasteiger partial charge in [0.2, 0.25) is 0 Å². The van der Waals surface area contributed by atoms with E-state index in [1.54, 1.807) is 7.11 Å². The number of benzene rings is 1. The maximum absolute atomic E-state index is 5.31. The molecule has 0 saturated carbocycles. The van der Waals surface area contributed by atoms with Crippen LogP contribution in [-0.2, 0) is 0 Å². The standard InChI is InChI=1S/C15H24N2O/c1-11(2)16-13-7-8-17(10-13)14-5-6-15(18-4)12(3)9-14/h5-6,9,11,13,16H,7-8,10H2,1-4H3. The second kappa shape index (κ2) is 5.61. The summed E-state index contributed by atoms with van der Waals surface area (Å²) in [6.45, 7) is 8.75. The van der Waals surface area contributed by atoms with Gasteiger partial charge in [-0.15, -0.1) is 0 Å². The molecule has 1 unspecified atom stereocenters. The van der Waals surface area contributed by atoms with Gasteiger partial charge in [-0.3, -0.25) is 0 Å². The van der Waals surface area contributed by atoms with Crippen LogP contribution in [0.1, 0.15) is 25.8 Å². The molecule has 2 rings (SSSR count). The fraction of sp³-hybridized carbons (Fsp3) is 0.600. The van der Waals surface area contributed by atoms with Crippen molar-refractivity contribution in [3.05, 3.63) is 23.8 Å². The van der Waals surface area contributed by atoms with Gasteiger partial charge in [0, 0.05) is 30.9 Å². The molecule has 1 heterocycles. The minimum atomic E-state index is 0.563. The molecule has 0 bridgehead atoms. The van der Waals surface area contributed by atoms with Crippen molar-refractivity contribution in [1.82, 2.24) is 5.32 Å². The number of hydrogen-bond donors (Lipinski definition) is 1. The van der Waals surface area contributed by atoms with Crippen LogP contribution < -0.4 is 15.0 Å². The van der Waals surface area contributed by atoms with Crippen LogP contribution in [0.15, 0.2) is 18.2 Å². The van der Waals surface area contributed by atoms with Gasteiger partial charge in [-0.2, -0.15) is 0 Å². The molecular weight excluding hydrogens is 224 g/mol. The molecule has 1 N–H and O–H groups in total. The van der Waals surface area contributed by atoms with Crippen molar-refractivity contribution in [3.63, 3.8) is 0 Å². The SMILES string of the molecule is COc1ccc(N2CCC(NC(C)C)C2)cc1C. The van der Waals surface area contributed by atoms with Gasteiger partial charge in [-0.1, -0.05) is 13.8 Å². The van der Waals surface area contributed by atoms with Gasteiger partial charge in [-0.25, -0.2) is 0 Å².